The highest BCUT2D eigenvalue weighted by atomic mass is 16.5. The molecule has 0 heterocycles. The summed E-state index contributed by atoms with van der Waals surface area (Å²) in [6.07, 6.45) is 3.02. The summed E-state index contributed by atoms with van der Waals surface area (Å²) in [5.41, 5.74) is 2.20. The van der Waals surface area contributed by atoms with Gasteiger partial charge in [-0.05, 0) is 48.4 Å². The average molecular weight is 337 g/mol. The number of hydrogen-bond donors (Lipinski definition) is 0. The number of nitrogens with zero attached hydrogens (tertiary/aromatic N) is 1. The second-order valence-corrected chi connectivity index (χ2v) is 5.09. The fourth-order valence-corrected chi connectivity index (χ4v) is 2.11. The minimum Gasteiger partial charge on any atom is -0.493 e. The third kappa shape index (κ3) is 5.40. The molecule has 0 atom stereocenters. The molecule has 0 N–H and O–H groups in total. The summed E-state index contributed by atoms with van der Waals surface area (Å²) in [5, 5.41) is 8.75. The standard InChI is InChI=1S/C20H19NO4/c1-3-24-19-12-15(8-10-18(19)23-2)9-11-20(22)25-14-17-6-4-16(13-21)5-7-17/h4-12H,3,14H2,1-2H3/b11-9+. The predicted molar refractivity (Wildman–Crippen MR) is 94.2 cm³/mol. The molecular formula is C20H19NO4. The second-order valence-electron chi connectivity index (χ2n) is 5.09. The Hall–Kier alpha value is -3.26. The lowest BCUT2D eigenvalue weighted by molar-refractivity contribution is -0.138. The zero-order chi connectivity index (χ0) is 18.1. The number of ether oxygens (including phenoxy) is 3. The number of methoxy groups -OCH3 is 1. The molecule has 0 aromatic heterocycles. The van der Waals surface area contributed by atoms with E-state index in [1.165, 1.54) is 6.08 Å². The topological polar surface area (TPSA) is 68.5 Å². The van der Waals surface area contributed by atoms with E-state index in [9.17, 15) is 4.79 Å². The Morgan fingerprint density at radius 1 is 1.16 bits per heavy atom. The van der Waals surface area contributed by atoms with E-state index in [-0.39, 0.29) is 6.61 Å². The van der Waals surface area contributed by atoms with Gasteiger partial charge in [0.2, 0.25) is 0 Å². The normalized spacial score (nSPS) is 10.3. The molecule has 5 nitrogen and oxygen atoms in total. The first kappa shape index (κ1) is 18.1. The second kappa shape index (κ2) is 9.14. The van der Waals surface area contributed by atoms with Crippen molar-refractivity contribution in [1.82, 2.24) is 0 Å². The summed E-state index contributed by atoms with van der Waals surface area (Å²) in [6.45, 7) is 2.57. The molecule has 5 heteroatoms. The maximum atomic E-state index is 11.8. The van der Waals surface area contributed by atoms with Gasteiger partial charge in [0.05, 0.1) is 25.3 Å². The third-order valence-electron chi connectivity index (χ3n) is 3.36. The lowest BCUT2D eigenvalue weighted by atomic mass is 10.1. The molecule has 2 aromatic rings. The van der Waals surface area contributed by atoms with Gasteiger partial charge in [0, 0.05) is 6.08 Å². The van der Waals surface area contributed by atoms with Crippen LogP contribution in [0, 0.1) is 11.3 Å². The number of rotatable bonds is 7. The maximum Gasteiger partial charge on any atom is 0.331 e. The summed E-state index contributed by atoms with van der Waals surface area (Å²) in [7, 11) is 1.58. The molecule has 0 bridgehead atoms. The molecule has 0 saturated heterocycles. The number of carbonyl (C=O) groups is 1. The highest BCUT2D eigenvalue weighted by molar-refractivity contribution is 5.87. The van der Waals surface area contributed by atoms with Gasteiger partial charge in [0.15, 0.2) is 11.5 Å². The number of benzene rings is 2. The fraction of sp³-hybridized carbons (Fsp3) is 0.200. The molecule has 0 aliphatic carbocycles. The molecule has 0 saturated carbocycles. The van der Waals surface area contributed by atoms with Gasteiger partial charge >= 0.3 is 5.97 Å². The largest absolute Gasteiger partial charge is 0.493 e. The zero-order valence-corrected chi connectivity index (χ0v) is 14.2. The lowest BCUT2D eigenvalue weighted by Crippen LogP contribution is -2.00. The van der Waals surface area contributed by atoms with Crippen LogP contribution in [0.4, 0.5) is 0 Å². The Morgan fingerprint density at radius 3 is 2.56 bits per heavy atom. The molecule has 0 unspecified atom stereocenters. The van der Waals surface area contributed by atoms with Crippen molar-refractivity contribution in [3.8, 4) is 17.6 Å². The molecule has 128 valence electrons. The van der Waals surface area contributed by atoms with Gasteiger partial charge in [-0.3, -0.25) is 0 Å². The van der Waals surface area contributed by atoms with Crippen LogP contribution in [-0.2, 0) is 16.1 Å². The van der Waals surface area contributed by atoms with Gasteiger partial charge < -0.3 is 14.2 Å². The van der Waals surface area contributed by atoms with E-state index in [0.717, 1.165) is 11.1 Å². The van der Waals surface area contributed by atoms with Crippen LogP contribution in [0.25, 0.3) is 6.08 Å². The van der Waals surface area contributed by atoms with E-state index in [2.05, 4.69) is 0 Å². The van der Waals surface area contributed by atoms with Crippen LogP contribution in [0.15, 0.2) is 48.5 Å². The molecule has 0 aliphatic rings. The Balaban J connectivity index is 1.95. The smallest absolute Gasteiger partial charge is 0.331 e. The van der Waals surface area contributed by atoms with Gasteiger partial charge in [-0.2, -0.15) is 5.26 Å². The molecule has 25 heavy (non-hydrogen) atoms. The zero-order valence-electron chi connectivity index (χ0n) is 14.2. The Labute approximate surface area is 147 Å². The quantitative estimate of drug-likeness (QED) is 0.569. The number of hydrogen-bond acceptors (Lipinski definition) is 5. The van der Waals surface area contributed by atoms with Crippen molar-refractivity contribution in [3.05, 3.63) is 65.2 Å². The fourth-order valence-electron chi connectivity index (χ4n) is 2.11. The van der Waals surface area contributed by atoms with Gasteiger partial charge in [-0.25, -0.2) is 4.79 Å². The molecule has 0 radical (unpaired) electrons. The van der Waals surface area contributed by atoms with Crippen LogP contribution in [0.3, 0.4) is 0 Å². The Kier molecular flexibility index (Phi) is 6.61. The minimum atomic E-state index is -0.446. The van der Waals surface area contributed by atoms with Crippen LogP contribution >= 0.6 is 0 Å². The summed E-state index contributed by atoms with van der Waals surface area (Å²) in [6, 6.07) is 14.3. The van der Waals surface area contributed by atoms with Gasteiger partial charge in [0.25, 0.3) is 0 Å². The molecule has 2 rings (SSSR count). The molecule has 0 spiro atoms. The first-order chi connectivity index (χ1) is 12.2. The average Bonchev–Trinajstić information content (AvgIpc) is 2.65. The van der Waals surface area contributed by atoms with E-state index in [4.69, 9.17) is 19.5 Å². The SMILES string of the molecule is CCOc1cc(/C=C/C(=O)OCc2ccc(C#N)cc2)ccc1OC. The van der Waals surface area contributed by atoms with Crippen molar-refractivity contribution in [2.75, 3.05) is 13.7 Å². The third-order valence-corrected chi connectivity index (χ3v) is 3.36. The van der Waals surface area contributed by atoms with Gasteiger partial charge in [-0.1, -0.05) is 18.2 Å². The molecule has 2 aromatic carbocycles. The molecule has 0 aliphatic heterocycles. The van der Waals surface area contributed by atoms with E-state index in [1.807, 2.05) is 19.1 Å². The molecule has 0 amide bonds. The Morgan fingerprint density at radius 2 is 1.92 bits per heavy atom. The van der Waals surface area contributed by atoms with Crippen molar-refractivity contribution in [2.24, 2.45) is 0 Å². The predicted octanol–water partition coefficient (Wildman–Crippen LogP) is 3.72. The lowest BCUT2D eigenvalue weighted by Gasteiger charge is -2.09. The number of esters is 1. The van der Waals surface area contributed by atoms with E-state index in [1.54, 1.807) is 49.6 Å². The van der Waals surface area contributed by atoms with Crippen LogP contribution in [0.5, 0.6) is 11.5 Å². The van der Waals surface area contributed by atoms with Crippen molar-refractivity contribution in [1.29, 1.82) is 5.26 Å². The summed E-state index contributed by atoms with van der Waals surface area (Å²) >= 11 is 0. The van der Waals surface area contributed by atoms with Crippen molar-refractivity contribution >= 4 is 12.0 Å². The highest BCUT2D eigenvalue weighted by Gasteiger charge is 2.05. The van der Waals surface area contributed by atoms with Gasteiger partial charge in [-0.15, -0.1) is 0 Å². The van der Waals surface area contributed by atoms with Crippen LogP contribution in [0.1, 0.15) is 23.6 Å². The van der Waals surface area contributed by atoms with Crippen LogP contribution < -0.4 is 9.47 Å². The minimum absolute atomic E-state index is 0.154. The number of carbonyl (C=O) groups excluding carboxylic acids is 1. The summed E-state index contributed by atoms with van der Waals surface area (Å²) in [5.74, 6) is 0.818. The number of nitriles is 1. The maximum absolute atomic E-state index is 11.8. The summed E-state index contributed by atoms with van der Waals surface area (Å²) < 4.78 is 15.9. The molecule has 0 fully saturated rings. The monoisotopic (exact) mass is 337 g/mol. The van der Waals surface area contributed by atoms with Crippen molar-refractivity contribution in [2.45, 2.75) is 13.5 Å². The van der Waals surface area contributed by atoms with Crippen molar-refractivity contribution in [3.63, 3.8) is 0 Å². The van der Waals surface area contributed by atoms with Crippen LogP contribution in [0.2, 0.25) is 0 Å². The first-order valence-electron chi connectivity index (χ1n) is 7.81. The van der Waals surface area contributed by atoms with Crippen LogP contribution in [-0.4, -0.2) is 19.7 Å². The van der Waals surface area contributed by atoms with E-state index in [0.29, 0.717) is 23.7 Å². The van der Waals surface area contributed by atoms with Gasteiger partial charge in [0.1, 0.15) is 6.61 Å². The van der Waals surface area contributed by atoms with E-state index < -0.39 is 5.97 Å². The highest BCUT2D eigenvalue weighted by Crippen LogP contribution is 2.28. The first-order valence-corrected chi connectivity index (χ1v) is 7.81. The summed E-state index contributed by atoms with van der Waals surface area (Å²) in [4.78, 5) is 11.8. The molecular weight excluding hydrogens is 318 g/mol. The van der Waals surface area contributed by atoms with Crippen molar-refractivity contribution < 1.29 is 19.0 Å². The Bertz CT molecular complexity index is 788. The van der Waals surface area contributed by atoms with E-state index >= 15 is 0 Å².